The molecule has 1 aliphatic heterocycles. The molecule has 2 aromatic rings. The molecular formula is C20H23N3O3. The maximum absolute atomic E-state index is 12.6. The van der Waals surface area contributed by atoms with Gasteiger partial charge in [-0.05, 0) is 43.2 Å². The molecule has 0 spiro atoms. The Hall–Kier alpha value is -2.86. The van der Waals surface area contributed by atoms with Gasteiger partial charge in [-0.1, -0.05) is 31.2 Å². The summed E-state index contributed by atoms with van der Waals surface area (Å²) in [5.74, 6) is 0.0642. The average Bonchev–Trinajstić information content (AvgIpc) is 2.65. The fraction of sp³-hybridized carbons (Fsp3) is 0.300. The van der Waals surface area contributed by atoms with Gasteiger partial charge in [0.2, 0.25) is 5.91 Å². The summed E-state index contributed by atoms with van der Waals surface area (Å²) in [6.45, 7) is 3.59. The summed E-state index contributed by atoms with van der Waals surface area (Å²) >= 11 is 0. The van der Waals surface area contributed by atoms with Crippen molar-refractivity contribution < 1.29 is 14.3 Å². The zero-order valence-corrected chi connectivity index (χ0v) is 14.9. The third-order valence-electron chi connectivity index (χ3n) is 4.42. The van der Waals surface area contributed by atoms with Crippen molar-refractivity contribution in [2.45, 2.75) is 32.4 Å². The Labute approximate surface area is 152 Å². The van der Waals surface area contributed by atoms with Gasteiger partial charge in [0.05, 0.1) is 5.69 Å². The molecule has 26 heavy (non-hydrogen) atoms. The molecule has 0 saturated carbocycles. The number of rotatable bonds is 5. The highest BCUT2D eigenvalue weighted by atomic mass is 16.5. The molecule has 2 aromatic carbocycles. The summed E-state index contributed by atoms with van der Waals surface area (Å²) in [4.78, 5) is 26.5. The van der Waals surface area contributed by atoms with Gasteiger partial charge >= 0.3 is 0 Å². The number of para-hydroxylation sites is 1. The van der Waals surface area contributed by atoms with Crippen LogP contribution in [0.1, 0.15) is 31.9 Å². The Bertz CT molecular complexity index is 807. The second kappa shape index (κ2) is 7.58. The van der Waals surface area contributed by atoms with Gasteiger partial charge in [0.1, 0.15) is 12.3 Å². The van der Waals surface area contributed by atoms with Gasteiger partial charge in [-0.2, -0.15) is 0 Å². The van der Waals surface area contributed by atoms with E-state index in [2.05, 4.69) is 5.32 Å². The molecule has 6 heteroatoms. The molecule has 0 saturated heterocycles. The zero-order valence-electron chi connectivity index (χ0n) is 14.9. The van der Waals surface area contributed by atoms with Gasteiger partial charge in [-0.3, -0.25) is 14.5 Å². The molecule has 0 aromatic heterocycles. The number of carbonyl (C=O) groups excluding carboxylic acids is 2. The lowest BCUT2D eigenvalue weighted by Gasteiger charge is -2.33. The maximum Gasteiger partial charge on any atom is 0.268 e. The van der Waals surface area contributed by atoms with E-state index in [1.807, 2.05) is 43.3 Å². The van der Waals surface area contributed by atoms with Crippen molar-refractivity contribution in [3.63, 3.8) is 0 Å². The van der Waals surface area contributed by atoms with Gasteiger partial charge < -0.3 is 15.8 Å². The lowest BCUT2D eigenvalue weighted by atomic mass is 10.0. The summed E-state index contributed by atoms with van der Waals surface area (Å²) < 4.78 is 5.68. The van der Waals surface area contributed by atoms with Crippen molar-refractivity contribution in [1.82, 2.24) is 0 Å². The molecule has 1 heterocycles. The molecule has 136 valence electrons. The van der Waals surface area contributed by atoms with Crippen LogP contribution in [0.5, 0.6) is 5.75 Å². The number of benzene rings is 2. The van der Waals surface area contributed by atoms with Crippen LogP contribution >= 0.6 is 0 Å². The summed E-state index contributed by atoms with van der Waals surface area (Å²) in [6.07, 6.45) is 0.135. The third kappa shape index (κ3) is 3.70. The first-order valence-electron chi connectivity index (χ1n) is 8.72. The highest BCUT2D eigenvalue weighted by Gasteiger charge is 2.33. The standard InChI is InChI=1S/C20H23N3O3/c1-3-16(21)14-9-10-18-17(11-14)23(20(25)13(2)26-18)12-19(24)22-15-7-5-4-6-8-15/h4-11,13,16H,3,12,21H2,1-2H3,(H,22,24). The fourth-order valence-electron chi connectivity index (χ4n) is 2.92. The molecule has 0 bridgehead atoms. The number of nitrogens with zero attached hydrogens (tertiary/aromatic N) is 1. The minimum atomic E-state index is -0.641. The second-order valence-electron chi connectivity index (χ2n) is 6.34. The second-order valence-corrected chi connectivity index (χ2v) is 6.34. The molecule has 0 aliphatic carbocycles. The molecule has 1 aliphatic rings. The molecular weight excluding hydrogens is 330 g/mol. The number of ether oxygens (including phenoxy) is 1. The van der Waals surface area contributed by atoms with Crippen LogP contribution in [0, 0.1) is 0 Å². The van der Waals surface area contributed by atoms with Gasteiger partial charge in [-0.15, -0.1) is 0 Å². The third-order valence-corrected chi connectivity index (χ3v) is 4.42. The fourth-order valence-corrected chi connectivity index (χ4v) is 2.92. The van der Waals surface area contributed by atoms with E-state index >= 15 is 0 Å². The van der Waals surface area contributed by atoms with Crippen molar-refractivity contribution in [2.24, 2.45) is 5.73 Å². The van der Waals surface area contributed by atoms with Gasteiger partial charge in [0, 0.05) is 11.7 Å². The first kappa shape index (κ1) is 17.9. The maximum atomic E-state index is 12.6. The molecule has 2 amide bonds. The Morgan fingerprint density at radius 3 is 2.69 bits per heavy atom. The van der Waals surface area contributed by atoms with Crippen molar-refractivity contribution >= 4 is 23.2 Å². The number of amides is 2. The van der Waals surface area contributed by atoms with E-state index < -0.39 is 6.10 Å². The number of nitrogens with two attached hydrogens (primary N) is 1. The van der Waals surface area contributed by atoms with Crippen LogP contribution in [-0.2, 0) is 9.59 Å². The van der Waals surface area contributed by atoms with E-state index in [-0.39, 0.29) is 24.4 Å². The van der Waals surface area contributed by atoms with Crippen LogP contribution in [0.2, 0.25) is 0 Å². The van der Waals surface area contributed by atoms with Crippen molar-refractivity contribution in [2.75, 3.05) is 16.8 Å². The van der Waals surface area contributed by atoms with Gasteiger partial charge in [-0.25, -0.2) is 0 Å². The lowest BCUT2D eigenvalue weighted by molar-refractivity contribution is -0.127. The Morgan fingerprint density at radius 2 is 2.00 bits per heavy atom. The highest BCUT2D eigenvalue weighted by Crippen LogP contribution is 2.36. The normalized spacial score (nSPS) is 17.3. The zero-order chi connectivity index (χ0) is 18.7. The molecule has 2 unspecified atom stereocenters. The van der Waals surface area contributed by atoms with E-state index in [0.717, 1.165) is 12.0 Å². The predicted octanol–water partition coefficient (Wildman–Crippen LogP) is 2.85. The molecule has 0 fully saturated rings. The Balaban J connectivity index is 1.86. The molecule has 6 nitrogen and oxygen atoms in total. The SMILES string of the molecule is CCC(N)c1ccc2c(c1)N(CC(=O)Nc1ccccc1)C(=O)C(C)O2. The number of carbonyl (C=O) groups is 2. The topological polar surface area (TPSA) is 84.7 Å². The van der Waals surface area contributed by atoms with Crippen LogP contribution in [0.3, 0.4) is 0 Å². The molecule has 2 atom stereocenters. The number of fused-ring (bicyclic) bond motifs is 1. The quantitative estimate of drug-likeness (QED) is 0.866. The largest absolute Gasteiger partial charge is 0.479 e. The van der Waals surface area contributed by atoms with Crippen LogP contribution in [0.25, 0.3) is 0 Å². The number of hydrogen-bond acceptors (Lipinski definition) is 4. The van der Waals surface area contributed by atoms with E-state index in [9.17, 15) is 9.59 Å². The Morgan fingerprint density at radius 1 is 1.27 bits per heavy atom. The van der Waals surface area contributed by atoms with E-state index in [1.165, 1.54) is 4.90 Å². The average molecular weight is 353 g/mol. The van der Waals surface area contributed by atoms with Gasteiger partial charge in [0.25, 0.3) is 5.91 Å². The summed E-state index contributed by atoms with van der Waals surface area (Å²) in [5, 5.41) is 2.81. The lowest BCUT2D eigenvalue weighted by Crippen LogP contribution is -2.47. The summed E-state index contributed by atoms with van der Waals surface area (Å²) in [7, 11) is 0. The first-order valence-corrected chi connectivity index (χ1v) is 8.72. The van der Waals surface area contributed by atoms with Crippen molar-refractivity contribution in [3.8, 4) is 5.75 Å². The van der Waals surface area contributed by atoms with Gasteiger partial charge in [0.15, 0.2) is 6.10 Å². The number of hydrogen-bond donors (Lipinski definition) is 2. The van der Waals surface area contributed by atoms with Crippen LogP contribution in [0.15, 0.2) is 48.5 Å². The molecule has 3 rings (SSSR count). The molecule has 3 N–H and O–H groups in total. The van der Waals surface area contributed by atoms with Crippen molar-refractivity contribution in [1.29, 1.82) is 0 Å². The van der Waals surface area contributed by atoms with E-state index in [4.69, 9.17) is 10.5 Å². The minimum absolute atomic E-state index is 0.0841. The van der Waals surface area contributed by atoms with Crippen LogP contribution in [0.4, 0.5) is 11.4 Å². The van der Waals surface area contributed by atoms with E-state index in [0.29, 0.717) is 17.1 Å². The predicted molar refractivity (Wildman–Crippen MR) is 101 cm³/mol. The van der Waals surface area contributed by atoms with Crippen molar-refractivity contribution in [3.05, 3.63) is 54.1 Å². The van der Waals surface area contributed by atoms with Crippen LogP contribution in [-0.4, -0.2) is 24.5 Å². The summed E-state index contributed by atoms with van der Waals surface area (Å²) in [6, 6.07) is 14.6. The number of nitrogens with one attached hydrogen (secondary N) is 1. The first-order chi connectivity index (χ1) is 12.5. The van der Waals surface area contributed by atoms with E-state index in [1.54, 1.807) is 19.1 Å². The molecule has 0 radical (unpaired) electrons. The number of anilines is 2. The Kier molecular flexibility index (Phi) is 5.23. The smallest absolute Gasteiger partial charge is 0.268 e. The van der Waals surface area contributed by atoms with Crippen LogP contribution < -0.4 is 20.7 Å². The monoisotopic (exact) mass is 353 g/mol. The summed E-state index contributed by atoms with van der Waals surface area (Å²) in [5.41, 5.74) is 8.29. The minimum Gasteiger partial charge on any atom is -0.479 e. The highest BCUT2D eigenvalue weighted by molar-refractivity contribution is 6.06.